The maximum Gasteiger partial charge on any atom is 0.331 e. The number of aliphatic carboxylic acids is 1. The topological polar surface area (TPSA) is 46.5 Å². The van der Waals surface area contributed by atoms with Gasteiger partial charge in [-0.1, -0.05) is 30.7 Å². The summed E-state index contributed by atoms with van der Waals surface area (Å²) in [6.45, 7) is 2.56. The van der Waals surface area contributed by atoms with Gasteiger partial charge in [-0.15, -0.1) is 0 Å². The third kappa shape index (κ3) is 5.02. The van der Waals surface area contributed by atoms with Crippen LogP contribution in [0.25, 0.3) is 0 Å². The van der Waals surface area contributed by atoms with Crippen molar-refractivity contribution in [2.45, 2.75) is 20.0 Å². The summed E-state index contributed by atoms with van der Waals surface area (Å²) >= 11 is 5.75. The van der Waals surface area contributed by atoms with E-state index in [1.807, 2.05) is 12.1 Å². The van der Waals surface area contributed by atoms with Crippen molar-refractivity contribution in [1.29, 1.82) is 0 Å². The van der Waals surface area contributed by atoms with Crippen LogP contribution in [0.1, 0.15) is 18.9 Å². The lowest BCUT2D eigenvalue weighted by atomic mass is 10.2. The van der Waals surface area contributed by atoms with Crippen molar-refractivity contribution in [2.75, 3.05) is 6.61 Å². The molecule has 0 atom stereocenters. The van der Waals surface area contributed by atoms with Gasteiger partial charge in [-0.05, 0) is 30.2 Å². The highest BCUT2D eigenvalue weighted by Crippen LogP contribution is 2.10. The van der Waals surface area contributed by atoms with E-state index in [9.17, 15) is 4.79 Å². The highest BCUT2D eigenvalue weighted by atomic mass is 35.5. The van der Waals surface area contributed by atoms with Crippen molar-refractivity contribution in [3.05, 3.63) is 46.5 Å². The van der Waals surface area contributed by atoms with E-state index in [4.69, 9.17) is 21.4 Å². The minimum absolute atomic E-state index is 0.304. The van der Waals surface area contributed by atoms with Gasteiger partial charge in [-0.2, -0.15) is 0 Å². The van der Waals surface area contributed by atoms with Crippen molar-refractivity contribution in [3.8, 4) is 0 Å². The predicted molar refractivity (Wildman–Crippen MR) is 67.1 cm³/mol. The lowest BCUT2D eigenvalue weighted by Crippen LogP contribution is -2.01. The number of rotatable bonds is 6. The van der Waals surface area contributed by atoms with E-state index in [0.29, 0.717) is 30.2 Å². The second-order valence-corrected chi connectivity index (χ2v) is 3.97. The van der Waals surface area contributed by atoms with E-state index in [0.717, 1.165) is 5.56 Å². The quantitative estimate of drug-likeness (QED) is 0.626. The van der Waals surface area contributed by atoms with Gasteiger partial charge in [-0.3, -0.25) is 0 Å². The maximum absolute atomic E-state index is 10.7. The van der Waals surface area contributed by atoms with Gasteiger partial charge >= 0.3 is 5.97 Å². The molecule has 4 heteroatoms. The first-order valence-electron chi connectivity index (χ1n) is 5.38. The molecule has 1 N–H and O–H groups in total. The van der Waals surface area contributed by atoms with Crippen molar-refractivity contribution in [2.24, 2.45) is 0 Å². The van der Waals surface area contributed by atoms with Crippen LogP contribution in [0.2, 0.25) is 5.02 Å². The van der Waals surface area contributed by atoms with Crippen LogP contribution in [-0.2, 0) is 16.1 Å². The van der Waals surface area contributed by atoms with Gasteiger partial charge in [0.2, 0.25) is 0 Å². The number of carboxylic acid groups (broad SMARTS) is 1. The van der Waals surface area contributed by atoms with Gasteiger partial charge in [0, 0.05) is 10.6 Å². The Morgan fingerprint density at radius 1 is 1.41 bits per heavy atom. The molecule has 0 fully saturated rings. The zero-order valence-electron chi connectivity index (χ0n) is 9.65. The molecule has 0 aromatic heterocycles. The Bertz CT molecular complexity index is 396. The van der Waals surface area contributed by atoms with Gasteiger partial charge in [-0.25, -0.2) is 4.79 Å². The zero-order chi connectivity index (χ0) is 12.7. The van der Waals surface area contributed by atoms with Crippen LogP contribution in [0.5, 0.6) is 0 Å². The molecule has 3 nitrogen and oxygen atoms in total. The summed E-state index contributed by atoms with van der Waals surface area (Å²) in [5.74, 6) is -0.886. The van der Waals surface area contributed by atoms with Crippen LogP contribution in [0, 0.1) is 0 Å². The largest absolute Gasteiger partial charge is 0.478 e. The Labute approximate surface area is 106 Å². The second-order valence-electron chi connectivity index (χ2n) is 3.53. The Balaban J connectivity index is 2.37. The molecule has 1 aromatic rings. The lowest BCUT2D eigenvalue weighted by Gasteiger charge is -2.03. The second kappa shape index (κ2) is 7.09. The molecule has 92 valence electrons. The van der Waals surface area contributed by atoms with Crippen molar-refractivity contribution >= 4 is 17.6 Å². The monoisotopic (exact) mass is 254 g/mol. The first-order chi connectivity index (χ1) is 8.13. The van der Waals surface area contributed by atoms with Crippen LogP contribution < -0.4 is 0 Å². The van der Waals surface area contributed by atoms with Gasteiger partial charge in [0.1, 0.15) is 0 Å². The Morgan fingerprint density at radius 3 is 2.59 bits per heavy atom. The fourth-order valence-corrected chi connectivity index (χ4v) is 1.43. The van der Waals surface area contributed by atoms with E-state index in [2.05, 4.69) is 0 Å². The minimum Gasteiger partial charge on any atom is -0.478 e. The Hall–Kier alpha value is -1.32. The van der Waals surface area contributed by atoms with Gasteiger partial charge in [0.15, 0.2) is 0 Å². The first kappa shape index (κ1) is 13.7. The molecule has 1 rings (SSSR count). The summed E-state index contributed by atoms with van der Waals surface area (Å²) in [5.41, 5.74) is 1.39. The van der Waals surface area contributed by atoms with E-state index in [1.165, 1.54) is 0 Å². The molecule has 0 aliphatic carbocycles. The molecule has 0 radical (unpaired) electrons. The molecule has 0 saturated heterocycles. The summed E-state index contributed by atoms with van der Waals surface area (Å²) in [6.07, 6.45) is 2.10. The fraction of sp³-hybridized carbons (Fsp3) is 0.308. The summed E-state index contributed by atoms with van der Waals surface area (Å²) in [4.78, 5) is 10.7. The van der Waals surface area contributed by atoms with Crippen LogP contribution in [0.15, 0.2) is 35.9 Å². The van der Waals surface area contributed by atoms with Crippen LogP contribution in [-0.4, -0.2) is 17.7 Å². The summed E-state index contributed by atoms with van der Waals surface area (Å²) in [6, 6.07) is 7.35. The Morgan fingerprint density at radius 2 is 2.06 bits per heavy atom. The average molecular weight is 255 g/mol. The van der Waals surface area contributed by atoms with E-state index < -0.39 is 5.97 Å². The van der Waals surface area contributed by atoms with Crippen LogP contribution in [0.4, 0.5) is 0 Å². The summed E-state index contributed by atoms with van der Waals surface area (Å²) in [7, 11) is 0. The number of halogens is 1. The smallest absolute Gasteiger partial charge is 0.331 e. The molecule has 0 saturated carbocycles. The fourth-order valence-electron chi connectivity index (χ4n) is 1.30. The van der Waals surface area contributed by atoms with Crippen molar-refractivity contribution in [3.63, 3.8) is 0 Å². The molecule has 0 spiro atoms. The number of benzene rings is 1. The summed E-state index contributed by atoms with van der Waals surface area (Å²) < 4.78 is 5.36. The normalized spacial score (nSPS) is 11.5. The third-order valence-corrected chi connectivity index (χ3v) is 2.54. The molecule has 0 aliphatic rings. The molecule has 0 bridgehead atoms. The van der Waals surface area contributed by atoms with E-state index in [1.54, 1.807) is 25.1 Å². The molecule has 0 aliphatic heterocycles. The molecular weight excluding hydrogens is 240 g/mol. The molecule has 17 heavy (non-hydrogen) atoms. The molecule has 0 unspecified atom stereocenters. The van der Waals surface area contributed by atoms with Gasteiger partial charge < -0.3 is 9.84 Å². The van der Waals surface area contributed by atoms with Crippen molar-refractivity contribution in [1.82, 2.24) is 0 Å². The molecule has 1 aromatic carbocycles. The number of carbonyl (C=O) groups is 1. The minimum atomic E-state index is -0.886. The molecule has 0 heterocycles. The van der Waals surface area contributed by atoms with Crippen molar-refractivity contribution < 1.29 is 14.6 Å². The number of carboxylic acids is 1. The average Bonchev–Trinajstić information content (AvgIpc) is 2.31. The first-order valence-corrected chi connectivity index (χ1v) is 5.75. The highest BCUT2D eigenvalue weighted by Gasteiger charge is 2.02. The van der Waals surface area contributed by atoms with Crippen LogP contribution in [0.3, 0.4) is 0 Å². The van der Waals surface area contributed by atoms with E-state index in [-0.39, 0.29) is 0 Å². The SMILES string of the molecule is CCC(=CCOCc1ccc(Cl)cc1)C(=O)O. The number of hydrogen-bond acceptors (Lipinski definition) is 2. The summed E-state index contributed by atoms with van der Waals surface area (Å²) in [5, 5.41) is 9.47. The lowest BCUT2D eigenvalue weighted by molar-refractivity contribution is -0.132. The zero-order valence-corrected chi connectivity index (χ0v) is 10.4. The van der Waals surface area contributed by atoms with Gasteiger partial charge in [0.05, 0.1) is 13.2 Å². The Kier molecular flexibility index (Phi) is 5.73. The standard InChI is InChI=1S/C13H15ClO3/c1-2-11(13(15)16)7-8-17-9-10-3-5-12(14)6-4-10/h3-7H,2,8-9H2,1H3,(H,15,16). The highest BCUT2D eigenvalue weighted by molar-refractivity contribution is 6.30. The predicted octanol–water partition coefficient (Wildman–Crippen LogP) is 3.28. The molecule has 0 amide bonds. The number of hydrogen-bond donors (Lipinski definition) is 1. The van der Waals surface area contributed by atoms with Gasteiger partial charge in [0.25, 0.3) is 0 Å². The molecular formula is C13H15ClO3. The van der Waals surface area contributed by atoms with Crippen LogP contribution >= 0.6 is 11.6 Å². The van der Waals surface area contributed by atoms with E-state index >= 15 is 0 Å². The third-order valence-electron chi connectivity index (χ3n) is 2.29. The maximum atomic E-state index is 10.7. The number of ether oxygens (including phenoxy) is 1.